The van der Waals surface area contributed by atoms with Crippen LogP contribution in [0.15, 0.2) is 36.5 Å². The highest BCUT2D eigenvalue weighted by Crippen LogP contribution is 2.20. The molecule has 0 heterocycles. The van der Waals surface area contributed by atoms with Gasteiger partial charge in [0.2, 0.25) is 5.91 Å². The van der Waals surface area contributed by atoms with E-state index >= 15 is 0 Å². The number of hydrogen-bond acceptors (Lipinski definition) is 5. The average molecular weight is 1280 g/mol. The van der Waals surface area contributed by atoms with Crippen LogP contribution >= 0.6 is 0 Å². The van der Waals surface area contributed by atoms with Gasteiger partial charge in [-0.15, -0.1) is 0 Å². The summed E-state index contributed by atoms with van der Waals surface area (Å²) in [6.45, 7) is 4.98. The Kier molecular flexibility index (Phi) is 78.8. The molecule has 0 aromatic rings. The van der Waals surface area contributed by atoms with E-state index in [4.69, 9.17) is 4.74 Å². The van der Waals surface area contributed by atoms with Crippen molar-refractivity contribution in [3.05, 3.63) is 36.5 Å². The zero-order chi connectivity index (χ0) is 65.6. The van der Waals surface area contributed by atoms with Gasteiger partial charge in [0, 0.05) is 12.8 Å². The van der Waals surface area contributed by atoms with E-state index in [-0.39, 0.29) is 18.5 Å². The topological polar surface area (TPSA) is 95.9 Å². The highest BCUT2D eigenvalue weighted by Gasteiger charge is 2.20. The van der Waals surface area contributed by atoms with Crippen molar-refractivity contribution in [2.45, 2.75) is 482 Å². The van der Waals surface area contributed by atoms with Crippen LogP contribution in [0.5, 0.6) is 0 Å². The predicted molar refractivity (Wildman–Crippen MR) is 403 cm³/mol. The Labute approximate surface area is 570 Å². The molecule has 0 aliphatic rings. The van der Waals surface area contributed by atoms with Crippen LogP contribution in [0.2, 0.25) is 0 Å². The number of esters is 1. The standard InChI is InChI=1S/C85H163NO5/c1-3-5-7-9-11-13-15-17-19-21-43-46-49-53-57-61-65-69-73-77-83(88)82(81-87)86-84(89)78-74-70-66-62-58-54-50-47-44-41-39-37-35-33-31-29-27-25-23-22-24-26-28-30-32-34-36-38-40-42-45-48-52-56-60-64-68-72-76-80-91-85(90)79-75-71-67-63-59-55-51-20-18-16-14-12-10-8-6-4-2/h14,16,20,22-23,51,82-83,87-88H,3-13,15,17-19,21,24-50,52-81H2,1-2H3,(H,86,89)/b16-14-,23-22-,51-20-. The van der Waals surface area contributed by atoms with E-state index in [0.717, 1.165) is 51.4 Å². The minimum absolute atomic E-state index is 0.00968. The van der Waals surface area contributed by atoms with Crippen molar-refractivity contribution in [3.8, 4) is 0 Å². The maximum atomic E-state index is 12.6. The van der Waals surface area contributed by atoms with E-state index in [2.05, 4.69) is 55.6 Å². The zero-order valence-corrected chi connectivity index (χ0v) is 61.9. The molecule has 0 aromatic carbocycles. The molecule has 1 amide bonds. The number of ether oxygens (including phenoxy) is 1. The second-order valence-electron chi connectivity index (χ2n) is 28.8. The van der Waals surface area contributed by atoms with E-state index in [0.29, 0.717) is 25.9 Å². The second kappa shape index (κ2) is 80.5. The van der Waals surface area contributed by atoms with Crippen molar-refractivity contribution in [1.29, 1.82) is 0 Å². The molecule has 3 N–H and O–H groups in total. The molecule has 0 fully saturated rings. The van der Waals surface area contributed by atoms with Crippen LogP contribution in [0.4, 0.5) is 0 Å². The largest absolute Gasteiger partial charge is 0.466 e. The summed E-state index contributed by atoms with van der Waals surface area (Å²) in [5, 5.41) is 23.4. The number of allylic oxidation sites excluding steroid dienone is 6. The third kappa shape index (κ3) is 77.0. The Morgan fingerprint density at radius 3 is 0.857 bits per heavy atom. The summed E-state index contributed by atoms with van der Waals surface area (Å²) >= 11 is 0. The molecule has 0 spiro atoms. The van der Waals surface area contributed by atoms with Crippen LogP contribution in [0, 0.1) is 0 Å². The van der Waals surface area contributed by atoms with Gasteiger partial charge in [0.25, 0.3) is 0 Å². The van der Waals surface area contributed by atoms with E-state index in [9.17, 15) is 19.8 Å². The van der Waals surface area contributed by atoms with Gasteiger partial charge < -0.3 is 20.3 Å². The Balaban J connectivity index is 3.32. The second-order valence-corrected chi connectivity index (χ2v) is 28.8. The zero-order valence-electron chi connectivity index (χ0n) is 61.9. The molecule has 0 aliphatic carbocycles. The molecule has 0 radical (unpaired) electrons. The summed E-state index contributed by atoms with van der Waals surface area (Å²) < 4.78 is 5.50. The maximum absolute atomic E-state index is 12.6. The van der Waals surface area contributed by atoms with Crippen molar-refractivity contribution in [1.82, 2.24) is 5.32 Å². The van der Waals surface area contributed by atoms with Gasteiger partial charge in [0.15, 0.2) is 0 Å². The molecule has 0 saturated carbocycles. The average Bonchev–Trinajstić information content (AvgIpc) is 3.74. The molecule has 2 atom stereocenters. The molecule has 0 saturated heterocycles. The van der Waals surface area contributed by atoms with Crippen molar-refractivity contribution in [3.63, 3.8) is 0 Å². The molecular weight excluding hydrogens is 1110 g/mol. The number of carbonyl (C=O) groups excluding carboxylic acids is 2. The Morgan fingerprint density at radius 2 is 0.549 bits per heavy atom. The van der Waals surface area contributed by atoms with Crippen molar-refractivity contribution in [2.24, 2.45) is 0 Å². The summed E-state index contributed by atoms with van der Waals surface area (Å²) in [7, 11) is 0. The highest BCUT2D eigenvalue weighted by atomic mass is 16.5. The van der Waals surface area contributed by atoms with Crippen LogP contribution in [-0.4, -0.2) is 47.4 Å². The molecule has 0 aliphatic heterocycles. The molecule has 0 aromatic heterocycles. The van der Waals surface area contributed by atoms with Gasteiger partial charge in [-0.1, -0.05) is 410 Å². The minimum atomic E-state index is -0.662. The van der Waals surface area contributed by atoms with Gasteiger partial charge in [-0.05, 0) is 83.5 Å². The third-order valence-corrected chi connectivity index (χ3v) is 19.7. The highest BCUT2D eigenvalue weighted by molar-refractivity contribution is 5.76. The van der Waals surface area contributed by atoms with E-state index in [1.165, 1.54) is 385 Å². The van der Waals surface area contributed by atoms with Crippen LogP contribution in [-0.2, 0) is 14.3 Å². The fourth-order valence-corrected chi connectivity index (χ4v) is 13.3. The fraction of sp³-hybridized carbons (Fsp3) is 0.906. The molecule has 0 rings (SSSR count). The number of aliphatic hydroxyl groups excluding tert-OH is 2. The lowest BCUT2D eigenvalue weighted by Gasteiger charge is -2.22. The smallest absolute Gasteiger partial charge is 0.305 e. The lowest BCUT2D eigenvalue weighted by molar-refractivity contribution is -0.143. The normalized spacial score (nSPS) is 12.6. The predicted octanol–water partition coefficient (Wildman–Crippen LogP) is 27.8. The van der Waals surface area contributed by atoms with Gasteiger partial charge in [-0.2, -0.15) is 0 Å². The fourth-order valence-electron chi connectivity index (χ4n) is 13.3. The monoisotopic (exact) mass is 1280 g/mol. The molecule has 538 valence electrons. The molecule has 6 heteroatoms. The Hall–Kier alpha value is -1.92. The summed E-state index contributed by atoms with van der Waals surface area (Å²) in [6.07, 6.45) is 105. The van der Waals surface area contributed by atoms with Gasteiger partial charge in [0.1, 0.15) is 0 Å². The Bertz CT molecular complexity index is 1470. The summed E-state index contributed by atoms with van der Waals surface area (Å²) in [4.78, 5) is 24.7. The van der Waals surface area contributed by atoms with Crippen LogP contribution < -0.4 is 5.32 Å². The quantitative estimate of drug-likeness (QED) is 0.0320. The first-order valence-electron chi connectivity index (χ1n) is 41.7. The maximum Gasteiger partial charge on any atom is 0.305 e. The Morgan fingerprint density at radius 1 is 0.308 bits per heavy atom. The molecule has 0 bridgehead atoms. The number of aliphatic hydroxyl groups is 2. The molecular formula is C85H163NO5. The van der Waals surface area contributed by atoms with Gasteiger partial charge in [0.05, 0.1) is 25.4 Å². The number of nitrogens with one attached hydrogen (secondary N) is 1. The lowest BCUT2D eigenvalue weighted by atomic mass is 10.0. The minimum Gasteiger partial charge on any atom is -0.466 e. The first kappa shape index (κ1) is 89.1. The van der Waals surface area contributed by atoms with Crippen LogP contribution in [0.3, 0.4) is 0 Å². The van der Waals surface area contributed by atoms with Gasteiger partial charge >= 0.3 is 5.97 Å². The van der Waals surface area contributed by atoms with Crippen LogP contribution in [0.1, 0.15) is 470 Å². The summed E-state index contributed by atoms with van der Waals surface area (Å²) in [5.41, 5.74) is 0. The number of carbonyl (C=O) groups is 2. The van der Waals surface area contributed by atoms with E-state index in [1.807, 2.05) is 0 Å². The number of unbranched alkanes of at least 4 members (excludes halogenated alkanes) is 62. The van der Waals surface area contributed by atoms with E-state index < -0.39 is 12.1 Å². The number of rotatable bonds is 79. The summed E-state index contributed by atoms with van der Waals surface area (Å²) in [5.74, 6) is -0.0161. The van der Waals surface area contributed by atoms with Gasteiger partial charge in [-0.25, -0.2) is 0 Å². The van der Waals surface area contributed by atoms with Crippen molar-refractivity contribution in [2.75, 3.05) is 13.2 Å². The molecule has 2 unspecified atom stereocenters. The SMILES string of the molecule is CCCCCC/C=C\C/C=C\CCCCCCCC(=O)OCCCCCCCCCCCCCCCCCCCC/C=C\CCCCCCCCCCCCCCCCCCCC(=O)NC(CO)C(O)CCCCCCCCCCCCCCCCCCCCC. The van der Waals surface area contributed by atoms with E-state index in [1.54, 1.807) is 0 Å². The first-order chi connectivity index (χ1) is 45.0. The molecule has 6 nitrogen and oxygen atoms in total. The third-order valence-electron chi connectivity index (χ3n) is 19.7. The number of hydrogen-bond donors (Lipinski definition) is 3. The van der Waals surface area contributed by atoms with Crippen molar-refractivity contribution < 1.29 is 24.5 Å². The van der Waals surface area contributed by atoms with Crippen LogP contribution in [0.25, 0.3) is 0 Å². The number of amides is 1. The lowest BCUT2D eigenvalue weighted by Crippen LogP contribution is -2.45. The van der Waals surface area contributed by atoms with Gasteiger partial charge in [-0.3, -0.25) is 9.59 Å². The summed E-state index contributed by atoms with van der Waals surface area (Å²) in [6, 6.07) is -0.539. The van der Waals surface area contributed by atoms with Crippen molar-refractivity contribution >= 4 is 11.9 Å². The molecule has 91 heavy (non-hydrogen) atoms. The first-order valence-corrected chi connectivity index (χ1v) is 41.7.